The van der Waals surface area contributed by atoms with Crippen molar-refractivity contribution in [2.24, 2.45) is 5.92 Å². The van der Waals surface area contributed by atoms with E-state index in [-0.39, 0.29) is 5.92 Å². The summed E-state index contributed by atoms with van der Waals surface area (Å²) in [7, 11) is 0. The van der Waals surface area contributed by atoms with E-state index in [1.165, 1.54) is 16.6 Å². The molecule has 0 bridgehead atoms. The van der Waals surface area contributed by atoms with Gasteiger partial charge < -0.3 is 9.80 Å². The summed E-state index contributed by atoms with van der Waals surface area (Å²) in [6.07, 6.45) is 4.68. The van der Waals surface area contributed by atoms with E-state index >= 15 is 0 Å². The molecule has 5 rings (SSSR count). The van der Waals surface area contributed by atoms with E-state index in [0.717, 1.165) is 50.1 Å². The number of amides is 1. The highest BCUT2D eigenvalue weighted by molar-refractivity contribution is 5.97. The van der Waals surface area contributed by atoms with Crippen LogP contribution < -0.4 is 9.80 Å². The van der Waals surface area contributed by atoms with Gasteiger partial charge in [0.1, 0.15) is 0 Å². The molecule has 136 valence electrons. The van der Waals surface area contributed by atoms with E-state index in [2.05, 4.69) is 52.3 Å². The van der Waals surface area contributed by atoms with Crippen molar-refractivity contribution in [2.75, 3.05) is 29.4 Å². The number of carbonyl (C=O) groups is 1. The normalized spacial score (nSPS) is 17.3. The second kappa shape index (κ2) is 6.69. The van der Waals surface area contributed by atoms with Gasteiger partial charge in [0.25, 0.3) is 0 Å². The van der Waals surface area contributed by atoms with Crippen molar-refractivity contribution in [2.45, 2.75) is 19.3 Å². The standard InChI is InChI=1S/C23H23N3O/c27-23(26-16-12-17-5-1-4-8-21(17)26)18-10-14-25(15-11-18)22-9-13-24-20-7-3-2-6-19(20)22/h1-9,13,18H,10-12,14-16H2. The summed E-state index contributed by atoms with van der Waals surface area (Å²) in [6.45, 7) is 2.66. The molecule has 4 nitrogen and oxygen atoms in total. The summed E-state index contributed by atoms with van der Waals surface area (Å²) in [5.74, 6) is 0.430. The number of aromatic nitrogens is 1. The van der Waals surface area contributed by atoms with Gasteiger partial charge in [-0.15, -0.1) is 0 Å². The molecule has 0 N–H and O–H groups in total. The van der Waals surface area contributed by atoms with E-state index in [4.69, 9.17) is 0 Å². The van der Waals surface area contributed by atoms with Crippen molar-refractivity contribution in [1.82, 2.24) is 4.98 Å². The molecule has 3 aromatic rings. The SMILES string of the molecule is O=C(C1CCN(c2ccnc3ccccc23)CC1)N1CCc2ccccc21. The van der Waals surface area contributed by atoms with Crippen molar-refractivity contribution < 1.29 is 4.79 Å². The van der Waals surface area contributed by atoms with Crippen LogP contribution in [0, 0.1) is 5.92 Å². The summed E-state index contributed by atoms with van der Waals surface area (Å²) in [4.78, 5) is 22.0. The van der Waals surface area contributed by atoms with Gasteiger partial charge in [-0.3, -0.25) is 9.78 Å². The average Bonchev–Trinajstić information content (AvgIpc) is 3.17. The molecule has 27 heavy (non-hydrogen) atoms. The van der Waals surface area contributed by atoms with Gasteiger partial charge in [-0.2, -0.15) is 0 Å². The Labute approximate surface area is 159 Å². The molecule has 3 heterocycles. The van der Waals surface area contributed by atoms with Gasteiger partial charge in [0, 0.05) is 48.5 Å². The predicted octanol–water partition coefficient (Wildman–Crippen LogP) is 4.04. The lowest BCUT2D eigenvalue weighted by Gasteiger charge is -2.35. The number of hydrogen-bond donors (Lipinski definition) is 0. The largest absolute Gasteiger partial charge is 0.371 e. The molecule has 1 fully saturated rings. The minimum atomic E-state index is 0.125. The molecule has 2 aliphatic heterocycles. The zero-order valence-electron chi connectivity index (χ0n) is 15.3. The average molecular weight is 357 g/mol. The number of pyridine rings is 1. The van der Waals surface area contributed by atoms with Gasteiger partial charge >= 0.3 is 0 Å². The number of nitrogens with zero attached hydrogens (tertiary/aromatic N) is 3. The number of rotatable bonds is 2. The van der Waals surface area contributed by atoms with Crippen molar-refractivity contribution in [3.05, 3.63) is 66.4 Å². The first-order valence-corrected chi connectivity index (χ1v) is 9.79. The Hall–Kier alpha value is -2.88. The highest BCUT2D eigenvalue weighted by Gasteiger charge is 2.32. The maximum Gasteiger partial charge on any atom is 0.230 e. The van der Waals surface area contributed by atoms with Crippen molar-refractivity contribution in [3.63, 3.8) is 0 Å². The minimum Gasteiger partial charge on any atom is -0.371 e. The van der Waals surface area contributed by atoms with Gasteiger partial charge in [0.2, 0.25) is 5.91 Å². The molecular weight excluding hydrogens is 334 g/mol. The lowest BCUT2D eigenvalue weighted by Crippen LogP contribution is -2.42. The zero-order chi connectivity index (χ0) is 18.2. The number of fused-ring (bicyclic) bond motifs is 2. The number of para-hydroxylation sites is 2. The minimum absolute atomic E-state index is 0.125. The maximum atomic E-state index is 13.1. The Morgan fingerprint density at radius 3 is 2.56 bits per heavy atom. The number of hydrogen-bond acceptors (Lipinski definition) is 3. The Morgan fingerprint density at radius 1 is 0.889 bits per heavy atom. The highest BCUT2D eigenvalue weighted by Crippen LogP contribution is 2.33. The Kier molecular flexibility index (Phi) is 4.04. The second-order valence-electron chi connectivity index (χ2n) is 7.48. The van der Waals surface area contributed by atoms with Crippen LogP contribution in [0.4, 0.5) is 11.4 Å². The van der Waals surface area contributed by atoms with Gasteiger partial charge in [0.15, 0.2) is 0 Å². The molecule has 0 atom stereocenters. The van der Waals surface area contributed by atoms with Crippen molar-refractivity contribution in [3.8, 4) is 0 Å². The molecule has 0 radical (unpaired) electrons. The summed E-state index contributed by atoms with van der Waals surface area (Å²) >= 11 is 0. The number of piperidine rings is 1. The molecule has 1 saturated heterocycles. The highest BCUT2D eigenvalue weighted by atomic mass is 16.2. The smallest absolute Gasteiger partial charge is 0.230 e. The quantitative estimate of drug-likeness (QED) is 0.694. The second-order valence-corrected chi connectivity index (χ2v) is 7.48. The fourth-order valence-electron chi connectivity index (χ4n) is 4.51. The van der Waals surface area contributed by atoms with Gasteiger partial charge in [-0.1, -0.05) is 36.4 Å². The van der Waals surface area contributed by atoms with Crippen LogP contribution in [-0.4, -0.2) is 30.5 Å². The fraction of sp³-hybridized carbons (Fsp3) is 0.304. The molecule has 0 aliphatic carbocycles. The van der Waals surface area contributed by atoms with Crippen LogP contribution in [0.3, 0.4) is 0 Å². The van der Waals surface area contributed by atoms with Crippen LogP contribution in [0.25, 0.3) is 10.9 Å². The summed E-state index contributed by atoms with van der Waals surface area (Å²) < 4.78 is 0. The first-order valence-electron chi connectivity index (χ1n) is 9.79. The number of anilines is 2. The molecule has 0 spiro atoms. The Balaban J connectivity index is 1.31. The third-order valence-corrected chi connectivity index (χ3v) is 5.96. The third-order valence-electron chi connectivity index (χ3n) is 5.96. The van der Waals surface area contributed by atoms with Crippen molar-refractivity contribution >= 4 is 28.2 Å². The van der Waals surface area contributed by atoms with Crippen molar-refractivity contribution in [1.29, 1.82) is 0 Å². The van der Waals surface area contributed by atoms with Crippen LogP contribution >= 0.6 is 0 Å². The van der Waals surface area contributed by atoms with E-state index < -0.39 is 0 Å². The summed E-state index contributed by atoms with van der Waals surface area (Å²) in [5, 5.41) is 1.19. The van der Waals surface area contributed by atoms with Gasteiger partial charge in [-0.25, -0.2) is 0 Å². The molecule has 0 unspecified atom stereocenters. The molecule has 1 aromatic heterocycles. The molecule has 2 aliphatic rings. The van der Waals surface area contributed by atoms with Crippen LogP contribution in [0.2, 0.25) is 0 Å². The van der Waals surface area contributed by atoms with Gasteiger partial charge in [0.05, 0.1) is 5.52 Å². The monoisotopic (exact) mass is 357 g/mol. The lowest BCUT2D eigenvalue weighted by molar-refractivity contribution is -0.122. The molecule has 1 amide bonds. The summed E-state index contributed by atoms with van der Waals surface area (Å²) in [6, 6.07) is 18.7. The van der Waals surface area contributed by atoms with E-state index in [9.17, 15) is 4.79 Å². The van der Waals surface area contributed by atoms with E-state index in [0.29, 0.717) is 5.91 Å². The number of benzene rings is 2. The van der Waals surface area contributed by atoms with Crippen LogP contribution in [0.5, 0.6) is 0 Å². The third kappa shape index (κ3) is 2.85. The van der Waals surface area contributed by atoms with Crippen LogP contribution in [0.15, 0.2) is 60.8 Å². The molecule has 2 aromatic carbocycles. The topological polar surface area (TPSA) is 36.4 Å². The summed E-state index contributed by atoms with van der Waals surface area (Å²) in [5.41, 5.74) is 4.68. The Morgan fingerprint density at radius 2 is 1.67 bits per heavy atom. The molecule has 4 heteroatoms. The van der Waals surface area contributed by atoms with E-state index in [1.54, 1.807) is 0 Å². The predicted molar refractivity (Wildman–Crippen MR) is 109 cm³/mol. The number of carbonyl (C=O) groups excluding carboxylic acids is 1. The lowest BCUT2D eigenvalue weighted by atomic mass is 9.94. The van der Waals surface area contributed by atoms with E-state index in [1.807, 2.05) is 23.2 Å². The Bertz CT molecular complexity index is 986. The first-order chi connectivity index (χ1) is 13.3. The van der Waals surface area contributed by atoms with Gasteiger partial charge in [-0.05, 0) is 43.0 Å². The maximum absolute atomic E-state index is 13.1. The zero-order valence-corrected chi connectivity index (χ0v) is 15.3. The van der Waals surface area contributed by atoms with Crippen LogP contribution in [-0.2, 0) is 11.2 Å². The first kappa shape index (κ1) is 16.3. The van der Waals surface area contributed by atoms with Crippen LogP contribution in [0.1, 0.15) is 18.4 Å². The fourth-order valence-corrected chi connectivity index (χ4v) is 4.51. The molecular formula is C23H23N3O. The molecule has 0 saturated carbocycles.